The fourth-order valence-electron chi connectivity index (χ4n) is 3.84. The number of anilines is 1. The molecular weight excluding hydrogens is 494 g/mol. The molecule has 0 aromatic heterocycles. The van der Waals surface area contributed by atoms with Crippen molar-refractivity contribution in [3.05, 3.63) is 94.5 Å². The van der Waals surface area contributed by atoms with Crippen molar-refractivity contribution >= 4 is 43.0 Å². The SMILES string of the molecule is CCS(=O)(=O)Nc1ccccc1C1=NN(S(=O)(=O)c2ccc(Cl)cc2)C(c2ccccc2C)C1. The highest BCUT2D eigenvalue weighted by molar-refractivity contribution is 7.92. The number of nitrogens with one attached hydrogen (secondary N) is 1. The van der Waals surface area contributed by atoms with Crippen LogP contribution in [0.15, 0.2) is 82.8 Å². The second-order valence-electron chi connectivity index (χ2n) is 7.91. The quantitative estimate of drug-likeness (QED) is 0.479. The smallest absolute Gasteiger partial charge is 0.279 e. The normalized spacial score (nSPS) is 16.4. The summed E-state index contributed by atoms with van der Waals surface area (Å²) in [6, 6.07) is 19.8. The van der Waals surface area contributed by atoms with E-state index in [4.69, 9.17) is 11.6 Å². The minimum atomic E-state index is -4.01. The highest BCUT2D eigenvalue weighted by Gasteiger charge is 2.38. The van der Waals surface area contributed by atoms with Crippen LogP contribution >= 0.6 is 11.6 Å². The Bertz CT molecular complexity index is 1450. The van der Waals surface area contributed by atoms with E-state index in [0.29, 0.717) is 22.0 Å². The number of hydrazone groups is 1. The predicted octanol–water partition coefficient (Wildman–Crippen LogP) is 4.95. The molecule has 1 aliphatic rings. The van der Waals surface area contributed by atoms with E-state index in [1.54, 1.807) is 31.2 Å². The summed E-state index contributed by atoms with van der Waals surface area (Å²) in [5, 5.41) is 4.97. The highest BCUT2D eigenvalue weighted by atomic mass is 35.5. The molecule has 1 aliphatic heterocycles. The number of hydrogen-bond donors (Lipinski definition) is 1. The van der Waals surface area contributed by atoms with E-state index in [1.165, 1.54) is 24.3 Å². The molecule has 1 unspecified atom stereocenters. The first-order valence-corrected chi connectivity index (χ1v) is 14.1. The number of hydrogen-bond acceptors (Lipinski definition) is 5. The molecule has 1 N–H and O–H groups in total. The summed E-state index contributed by atoms with van der Waals surface area (Å²) in [7, 11) is -7.55. The topological polar surface area (TPSA) is 95.9 Å². The van der Waals surface area contributed by atoms with Gasteiger partial charge in [0.2, 0.25) is 10.0 Å². The summed E-state index contributed by atoms with van der Waals surface area (Å²) >= 11 is 5.96. The molecule has 0 radical (unpaired) electrons. The Balaban J connectivity index is 1.84. The molecule has 7 nitrogen and oxygen atoms in total. The molecule has 0 bridgehead atoms. The van der Waals surface area contributed by atoms with Crippen LogP contribution in [-0.4, -0.2) is 32.7 Å². The van der Waals surface area contributed by atoms with Gasteiger partial charge in [0.1, 0.15) is 0 Å². The van der Waals surface area contributed by atoms with Crippen molar-refractivity contribution in [1.82, 2.24) is 4.41 Å². The van der Waals surface area contributed by atoms with E-state index in [1.807, 2.05) is 31.2 Å². The van der Waals surface area contributed by atoms with Crippen molar-refractivity contribution < 1.29 is 16.8 Å². The van der Waals surface area contributed by atoms with Gasteiger partial charge in [-0.25, -0.2) is 8.42 Å². The molecule has 1 heterocycles. The second kappa shape index (κ2) is 9.40. The Kier molecular flexibility index (Phi) is 6.71. The number of nitrogens with zero attached hydrogens (tertiary/aromatic N) is 2. The van der Waals surface area contributed by atoms with E-state index < -0.39 is 26.1 Å². The first-order chi connectivity index (χ1) is 16.1. The van der Waals surface area contributed by atoms with Crippen molar-refractivity contribution in [2.75, 3.05) is 10.5 Å². The van der Waals surface area contributed by atoms with E-state index in [2.05, 4.69) is 9.82 Å². The van der Waals surface area contributed by atoms with E-state index in [0.717, 1.165) is 15.5 Å². The maximum atomic E-state index is 13.6. The minimum Gasteiger partial charge on any atom is -0.283 e. The molecule has 10 heteroatoms. The molecule has 3 aromatic carbocycles. The summed E-state index contributed by atoms with van der Waals surface area (Å²) in [6.07, 6.45) is 0.280. The third-order valence-electron chi connectivity index (χ3n) is 5.66. The molecule has 178 valence electrons. The van der Waals surface area contributed by atoms with Crippen LogP contribution in [-0.2, 0) is 20.0 Å². The van der Waals surface area contributed by atoms with Gasteiger partial charge in [0.05, 0.1) is 28.1 Å². The lowest BCUT2D eigenvalue weighted by atomic mass is 9.95. The predicted molar refractivity (Wildman–Crippen MR) is 135 cm³/mol. The lowest BCUT2D eigenvalue weighted by Gasteiger charge is -2.24. The van der Waals surface area contributed by atoms with Gasteiger partial charge in [-0.2, -0.15) is 17.9 Å². The average Bonchev–Trinajstić information content (AvgIpc) is 3.26. The summed E-state index contributed by atoms with van der Waals surface area (Å²) in [6.45, 7) is 3.47. The summed E-state index contributed by atoms with van der Waals surface area (Å²) in [5.41, 5.74) is 3.12. The zero-order valence-corrected chi connectivity index (χ0v) is 21.0. The summed E-state index contributed by atoms with van der Waals surface area (Å²) in [4.78, 5) is 0.0699. The highest BCUT2D eigenvalue weighted by Crippen LogP contribution is 2.39. The zero-order chi connectivity index (χ0) is 24.5. The van der Waals surface area contributed by atoms with Crippen molar-refractivity contribution in [3.8, 4) is 0 Å². The maximum absolute atomic E-state index is 13.6. The number of halogens is 1. The monoisotopic (exact) mass is 517 g/mol. The van der Waals surface area contributed by atoms with Gasteiger partial charge in [-0.1, -0.05) is 54.1 Å². The molecule has 0 fully saturated rings. The summed E-state index contributed by atoms with van der Waals surface area (Å²) < 4.78 is 55.5. The van der Waals surface area contributed by atoms with E-state index in [-0.39, 0.29) is 17.1 Å². The van der Waals surface area contributed by atoms with Crippen LogP contribution in [0.2, 0.25) is 5.02 Å². The fourth-order valence-corrected chi connectivity index (χ4v) is 6.05. The number of aryl methyl sites for hydroxylation is 1. The van der Waals surface area contributed by atoms with Crippen LogP contribution in [0.1, 0.15) is 36.1 Å². The van der Waals surface area contributed by atoms with Gasteiger partial charge in [0.15, 0.2) is 0 Å². The molecule has 0 saturated heterocycles. The van der Waals surface area contributed by atoms with Gasteiger partial charge in [-0.3, -0.25) is 4.72 Å². The molecule has 0 saturated carbocycles. The van der Waals surface area contributed by atoms with E-state index in [9.17, 15) is 16.8 Å². The number of sulfonamides is 2. The molecular formula is C24H24ClN3O4S2. The molecule has 0 aliphatic carbocycles. The van der Waals surface area contributed by atoms with Gasteiger partial charge in [0.25, 0.3) is 10.0 Å². The van der Waals surface area contributed by atoms with Crippen molar-refractivity contribution in [3.63, 3.8) is 0 Å². The third kappa shape index (κ3) is 4.82. The standard InChI is InChI=1S/C24H24ClN3O4S2/c1-3-33(29,30)27-22-11-7-6-10-21(22)23-16-24(20-9-5-4-8-17(20)2)28(26-23)34(31,32)19-14-12-18(25)13-15-19/h4-15,24,27H,3,16H2,1-2H3. The van der Waals surface area contributed by atoms with Gasteiger partial charge >= 0.3 is 0 Å². The van der Waals surface area contributed by atoms with Crippen LogP contribution in [0, 0.1) is 6.92 Å². The van der Waals surface area contributed by atoms with Crippen LogP contribution in [0.25, 0.3) is 0 Å². The van der Waals surface area contributed by atoms with Crippen molar-refractivity contribution in [2.24, 2.45) is 5.10 Å². The average molecular weight is 518 g/mol. The van der Waals surface area contributed by atoms with Crippen molar-refractivity contribution in [1.29, 1.82) is 0 Å². The first-order valence-electron chi connectivity index (χ1n) is 10.7. The van der Waals surface area contributed by atoms with Crippen LogP contribution in [0.3, 0.4) is 0 Å². The largest absolute Gasteiger partial charge is 0.283 e. The lowest BCUT2D eigenvalue weighted by molar-refractivity contribution is 0.370. The Morgan fingerprint density at radius 2 is 1.62 bits per heavy atom. The van der Waals surface area contributed by atoms with Gasteiger partial charge < -0.3 is 0 Å². The number of benzene rings is 3. The number of rotatable bonds is 7. The first kappa shape index (κ1) is 24.3. The molecule has 3 aromatic rings. The Hall–Kier alpha value is -2.88. The maximum Gasteiger partial charge on any atom is 0.279 e. The summed E-state index contributed by atoms with van der Waals surface area (Å²) in [5.74, 6) is -0.0866. The van der Waals surface area contributed by atoms with Crippen LogP contribution in [0.4, 0.5) is 5.69 Å². The fraction of sp³-hybridized carbons (Fsp3) is 0.208. The number of para-hydroxylation sites is 1. The minimum absolute atomic E-state index is 0.0699. The third-order valence-corrected chi connectivity index (χ3v) is 8.90. The molecule has 1 atom stereocenters. The van der Waals surface area contributed by atoms with Gasteiger partial charge in [0, 0.05) is 17.0 Å². The molecule has 34 heavy (non-hydrogen) atoms. The Morgan fingerprint density at radius 1 is 0.971 bits per heavy atom. The van der Waals surface area contributed by atoms with Crippen LogP contribution in [0.5, 0.6) is 0 Å². The lowest BCUT2D eigenvalue weighted by Crippen LogP contribution is -2.27. The Morgan fingerprint density at radius 3 is 2.29 bits per heavy atom. The van der Waals surface area contributed by atoms with E-state index >= 15 is 0 Å². The molecule has 0 spiro atoms. The second-order valence-corrected chi connectivity index (χ2v) is 12.1. The van der Waals surface area contributed by atoms with Gasteiger partial charge in [-0.15, -0.1) is 0 Å². The Labute approximate surface area is 205 Å². The molecule has 4 rings (SSSR count). The molecule has 0 amide bonds. The van der Waals surface area contributed by atoms with Gasteiger partial charge in [-0.05, 0) is 55.3 Å². The zero-order valence-electron chi connectivity index (χ0n) is 18.6. The van der Waals surface area contributed by atoms with Crippen molar-refractivity contribution in [2.45, 2.75) is 31.2 Å². The van der Waals surface area contributed by atoms with Crippen LogP contribution < -0.4 is 4.72 Å².